The maximum atomic E-state index is 5.28. The Labute approximate surface area is 114 Å². The highest BCUT2D eigenvalue weighted by Gasteiger charge is 2.02. The van der Waals surface area contributed by atoms with Crippen molar-refractivity contribution >= 4 is 10.9 Å². The van der Waals surface area contributed by atoms with E-state index >= 15 is 0 Å². The lowest BCUT2D eigenvalue weighted by Gasteiger charge is -2.08. The molecule has 1 aromatic carbocycles. The number of aromatic nitrogens is 1. The van der Waals surface area contributed by atoms with Crippen molar-refractivity contribution < 1.29 is 9.47 Å². The first-order chi connectivity index (χ1) is 9.35. The van der Waals surface area contributed by atoms with E-state index in [0.29, 0.717) is 0 Å². The fraction of sp³-hybridized carbons (Fsp3) is 0.467. The van der Waals surface area contributed by atoms with Crippen molar-refractivity contribution in [3.05, 3.63) is 30.5 Å². The van der Waals surface area contributed by atoms with Gasteiger partial charge in [-0.25, -0.2) is 0 Å². The van der Waals surface area contributed by atoms with Crippen LogP contribution < -0.4 is 10.1 Å². The SMILES string of the molecule is CCOCCNCCn1ccc2cc(OC)ccc21. The zero-order valence-electron chi connectivity index (χ0n) is 11.7. The summed E-state index contributed by atoms with van der Waals surface area (Å²) in [6.07, 6.45) is 2.12. The smallest absolute Gasteiger partial charge is 0.119 e. The number of nitrogens with zero attached hydrogens (tertiary/aromatic N) is 1. The number of fused-ring (bicyclic) bond motifs is 1. The van der Waals surface area contributed by atoms with Crippen molar-refractivity contribution in [3.63, 3.8) is 0 Å². The summed E-state index contributed by atoms with van der Waals surface area (Å²) in [5, 5.41) is 4.59. The van der Waals surface area contributed by atoms with Crippen LogP contribution in [0.5, 0.6) is 5.75 Å². The summed E-state index contributed by atoms with van der Waals surface area (Å²) < 4.78 is 12.8. The van der Waals surface area contributed by atoms with Gasteiger partial charge in [-0.1, -0.05) is 0 Å². The van der Waals surface area contributed by atoms with E-state index in [-0.39, 0.29) is 0 Å². The molecule has 0 fully saturated rings. The zero-order valence-corrected chi connectivity index (χ0v) is 11.7. The van der Waals surface area contributed by atoms with Crippen LogP contribution in [0.2, 0.25) is 0 Å². The highest BCUT2D eigenvalue weighted by atomic mass is 16.5. The van der Waals surface area contributed by atoms with Crippen LogP contribution in [0, 0.1) is 0 Å². The molecule has 2 aromatic rings. The highest BCUT2D eigenvalue weighted by molar-refractivity contribution is 5.81. The second-order valence-corrected chi connectivity index (χ2v) is 4.38. The molecule has 0 atom stereocenters. The van der Waals surface area contributed by atoms with Crippen LogP contribution in [-0.2, 0) is 11.3 Å². The van der Waals surface area contributed by atoms with Crippen molar-refractivity contribution in [1.29, 1.82) is 0 Å². The van der Waals surface area contributed by atoms with Crippen LogP contribution in [0.25, 0.3) is 10.9 Å². The Morgan fingerprint density at radius 1 is 1.21 bits per heavy atom. The molecule has 0 amide bonds. The van der Waals surface area contributed by atoms with Gasteiger partial charge >= 0.3 is 0 Å². The van der Waals surface area contributed by atoms with Gasteiger partial charge in [-0.05, 0) is 31.2 Å². The number of rotatable bonds is 8. The molecular formula is C15H22N2O2. The van der Waals surface area contributed by atoms with Crippen molar-refractivity contribution in [2.24, 2.45) is 0 Å². The maximum Gasteiger partial charge on any atom is 0.119 e. The normalized spacial score (nSPS) is 11.1. The molecule has 0 spiro atoms. The Morgan fingerprint density at radius 2 is 2.11 bits per heavy atom. The molecule has 4 heteroatoms. The topological polar surface area (TPSA) is 35.4 Å². The Morgan fingerprint density at radius 3 is 2.89 bits per heavy atom. The minimum Gasteiger partial charge on any atom is -0.497 e. The van der Waals surface area contributed by atoms with E-state index in [0.717, 1.165) is 38.6 Å². The molecule has 1 aromatic heterocycles. The van der Waals surface area contributed by atoms with Crippen LogP contribution in [0.3, 0.4) is 0 Å². The van der Waals surface area contributed by atoms with Gasteiger partial charge in [0.1, 0.15) is 5.75 Å². The van der Waals surface area contributed by atoms with Gasteiger partial charge in [0, 0.05) is 43.3 Å². The average molecular weight is 262 g/mol. The number of methoxy groups -OCH3 is 1. The summed E-state index contributed by atoms with van der Waals surface area (Å²) in [4.78, 5) is 0. The molecule has 1 N–H and O–H groups in total. The molecule has 0 radical (unpaired) electrons. The lowest BCUT2D eigenvalue weighted by atomic mass is 10.2. The standard InChI is InChI=1S/C15H22N2O2/c1-3-19-11-8-16-7-10-17-9-6-13-12-14(18-2)4-5-15(13)17/h4-6,9,12,16H,3,7-8,10-11H2,1-2H3. The second-order valence-electron chi connectivity index (χ2n) is 4.38. The van der Waals surface area contributed by atoms with Crippen LogP contribution >= 0.6 is 0 Å². The van der Waals surface area contributed by atoms with Gasteiger partial charge in [0.25, 0.3) is 0 Å². The van der Waals surface area contributed by atoms with E-state index < -0.39 is 0 Å². The lowest BCUT2D eigenvalue weighted by Crippen LogP contribution is -2.23. The minimum absolute atomic E-state index is 0.778. The van der Waals surface area contributed by atoms with Gasteiger partial charge in [0.05, 0.1) is 13.7 Å². The zero-order chi connectivity index (χ0) is 13.5. The van der Waals surface area contributed by atoms with E-state index in [2.05, 4.69) is 34.3 Å². The third kappa shape index (κ3) is 3.72. The first-order valence-electron chi connectivity index (χ1n) is 6.76. The van der Waals surface area contributed by atoms with Crippen molar-refractivity contribution in [1.82, 2.24) is 9.88 Å². The molecule has 0 aliphatic rings. The molecule has 0 aliphatic carbocycles. The molecule has 19 heavy (non-hydrogen) atoms. The largest absolute Gasteiger partial charge is 0.497 e. The van der Waals surface area contributed by atoms with Gasteiger partial charge in [-0.2, -0.15) is 0 Å². The average Bonchev–Trinajstić information content (AvgIpc) is 2.85. The molecule has 1 heterocycles. The molecule has 0 saturated heterocycles. The van der Waals surface area contributed by atoms with Crippen LogP contribution in [-0.4, -0.2) is 38.0 Å². The predicted molar refractivity (Wildman–Crippen MR) is 77.9 cm³/mol. The Balaban J connectivity index is 1.87. The van der Waals surface area contributed by atoms with Crippen molar-refractivity contribution in [2.75, 3.05) is 33.4 Å². The molecule has 2 rings (SSSR count). The van der Waals surface area contributed by atoms with Crippen LogP contribution in [0.4, 0.5) is 0 Å². The van der Waals surface area contributed by atoms with E-state index in [1.165, 1.54) is 10.9 Å². The monoisotopic (exact) mass is 262 g/mol. The Bertz CT molecular complexity index is 508. The van der Waals surface area contributed by atoms with Gasteiger partial charge in [-0.15, -0.1) is 0 Å². The van der Waals surface area contributed by atoms with Gasteiger partial charge in [0.15, 0.2) is 0 Å². The van der Waals surface area contributed by atoms with Crippen molar-refractivity contribution in [2.45, 2.75) is 13.5 Å². The number of ether oxygens (including phenoxy) is 2. The Hall–Kier alpha value is -1.52. The lowest BCUT2D eigenvalue weighted by molar-refractivity contribution is 0.149. The highest BCUT2D eigenvalue weighted by Crippen LogP contribution is 2.21. The van der Waals surface area contributed by atoms with E-state index in [9.17, 15) is 0 Å². The maximum absolute atomic E-state index is 5.28. The summed E-state index contributed by atoms with van der Waals surface area (Å²) in [5.41, 5.74) is 1.24. The number of hydrogen-bond acceptors (Lipinski definition) is 3. The van der Waals surface area contributed by atoms with Crippen molar-refractivity contribution in [3.8, 4) is 5.75 Å². The molecular weight excluding hydrogens is 240 g/mol. The summed E-state index contributed by atoms with van der Waals surface area (Å²) in [6, 6.07) is 8.29. The Kier molecular flexibility index (Phi) is 5.24. The molecule has 4 nitrogen and oxygen atoms in total. The van der Waals surface area contributed by atoms with Crippen LogP contribution in [0.15, 0.2) is 30.5 Å². The molecule has 0 unspecified atom stereocenters. The van der Waals surface area contributed by atoms with Gasteiger partial charge in [-0.3, -0.25) is 0 Å². The number of nitrogens with one attached hydrogen (secondary N) is 1. The summed E-state index contributed by atoms with van der Waals surface area (Å²) in [5.74, 6) is 0.903. The third-order valence-electron chi connectivity index (χ3n) is 3.13. The summed E-state index contributed by atoms with van der Waals surface area (Å²) in [6.45, 7) is 6.39. The summed E-state index contributed by atoms with van der Waals surface area (Å²) >= 11 is 0. The minimum atomic E-state index is 0.778. The molecule has 0 aliphatic heterocycles. The second kappa shape index (κ2) is 7.16. The van der Waals surface area contributed by atoms with Gasteiger partial charge < -0.3 is 19.4 Å². The third-order valence-corrected chi connectivity index (χ3v) is 3.13. The summed E-state index contributed by atoms with van der Waals surface area (Å²) in [7, 11) is 1.69. The van der Waals surface area contributed by atoms with E-state index in [4.69, 9.17) is 9.47 Å². The number of benzene rings is 1. The van der Waals surface area contributed by atoms with E-state index in [1.807, 2.05) is 13.0 Å². The van der Waals surface area contributed by atoms with E-state index in [1.54, 1.807) is 7.11 Å². The molecule has 0 saturated carbocycles. The molecule has 104 valence electrons. The van der Waals surface area contributed by atoms with Crippen LogP contribution in [0.1, 0.15) is 6.92 Å². The first-order valence-corrected chi connectivity index (χ1v) is 6.76. The fourth-order valence-corrected chi connectivity index (χ4v) is 2.11. The van der Waals surface area contributed by atoms with Gasteiger partial charge in [0.2, 0.25) is 0 Å². The first kappa shape index (κ1) is 13.9. The quantitative estimate of drug-likeness (QED) is 0.741. The number of hydrogen-bond donors (Lipinski definition) is 1. The predicted octanol–water partition coefficient (Wildman–Crippen LogP) is 2.28. The fourth-order valence-electron chi connectivity index (χ4n) is 2.11. The molecule has 0 bridgehead atoms.